The van der Waals surface area contributed by atoms with Crippen molar-refractivity contribution in [2.24, 2.45) is 5.92 Å². The maximum absolute atomic E-state index is 12.7. The van der Waals surface area contributed by atoms with Gasteiger partial charge in [0.1, 0.15) is 6.61 Å². The third kappa shape index (κ3) is 4.97. The van der Waals surface area contributed by atoms with Gasteiger partial charge < -0.3 is 18.9 Å². The first-order chi connectivity index (χ1) is 14.3. The minimum atomic E-state index is -1.31. The number of cyclic esters (lactones) is 2. The highest BCUT2D eigenvalue weighted by Crippen LogP contribution is 2.35. The highest BCUT2D eigenvalue weighted by Gasteiger charge is 2.46. The minimum absolute atomic E-state index is 0.0643. The van der Waals surface area contributed by atoms with Crippen LogP contribution in [0.3, 0.4) is 0 Å². The summed E-state index contributed by atoms with van der Waals surface area (Å²) in [6.07, 6.45) is 2.42. The lowest BCUT2D eigenvalue weighted by atomic mass is 9.84. The van der Waals surface area contributed by atoms with Gasteiger partial charge in [-0.2, -0.15) is 0 Å². The Morgan fingerprint density at radius 1 is 1.07 bits per heavy atom. The molecule has 0 spiro atoms. The molecule has 3 rings (SSSR count). The molecule has 2 aromatic carbocycles. The van der Waals surface area contributed by atoms with Crippen LogP contribution in [0, 0.1) is 5.92 Å². The van der Waals surface area contributed by atoms with Crippen LogP contribution in [0.5, 0.6) is 0 Å². The number of hydrogen-bond acceptors (Lipinski definition) is 7. The van der Waals surface area contributed by atoms with E-state index in [-0.39, 0.29) is 13.2 Å². The summed E-state index contributed by atoms with van der Waals surface area (Å²) in [6, 6.07) is 13.5. The number of carbonyl (C=O) groups is 3. The number of esters is 2. The van der Waals surface area contributed by atoms with Gasteiger partial charge >= 0.3 is 18.1 Å². The van der Waals surface area contributed by atoms with E-state index in [1.54, 1.807) is 19.1 Å². The molecule has 0 N–H and O–H groups in total. The van der Waals surface area contributed by atoms with Crippen LogP contribution >= 0.6 is 0 Å². The zero-order chi connectivity index (χ0) is 21.7. The van der Waals surface area contributed by atoms with Gasteiger partial charge in [0, 0.05) is 19.8 Å². The Hall–Kier alpha value is -3.35. The van der Waals surface area contributed by atoms with E-state index < -0.39 is 35.7 Å². The standard InChI is InChI=1S/C23H24O7/c1-4-27-22(26)28-13-7-10-18(19-20(24)29-23(2,3)30-21(19)25)17-12-11-15-8-5-6-9-16(15)14-17/h5-12,14,18-19H,4,13H2,1-3H3/b10-7+/t18-/m0/s1. The molecular weight excluding hydrogens is 388 g/mol. The van der Waals surface area contributed by atoms with Crippen LogP contribution in [0.2, 0.25) is 0 Å². The van der Waals surface area contributed by atoms with E-state index in [4.69, 9.17) is 18.9 Å². The molecule has 1 aliphatic heterocycles. The smallest absolute Gasteiger partial charge is 0.435 e. The van der Waals surface area contributed by atoms with Crippen LogP contribution in [0.15, 0.2) is 54.6 Å². The molecule has 30 heavy (non-hydrogen) atoms. The Morgan fingerprint density at radius 2 is 1.73 bits per heavy atom. The molecule has 1 aliphatic rings. The second-order valence-corrected chi connectivity index (χ2v) is 7.27. The number of benzene rings is 2. The molecule has 7 heteroatoms. The van der Waals surface area contributed by atoms with E-state index in [9.17, 15) is 14.4 Å². The van der Waals surface area contributed by atoms with Crippen molar-refractivity contribution >= 4 is 28.9 Å². The number of carbonyl (C=O) groups excluding carboxylic acids is 3. The first kappa shape index (κ1) is 21.4. The quantitative estimate of drug-likeness (QED) is 0.401. The SMILES string of the molecule is CCOC(=O)OC/C=C/[C@@H](c1ccc2ccccc2c1)C1C(=O)OC(C)(C)OC1=O. The Labute approximate surface area is 174 Å². The van der Waals surface area contributed by atoms with E-state index in [0.717, 1.165) is 16.3 Å². The van der Waals surface area contributed by atoms with Crippen molar-refractivity contribution < 1.29 is 33.3 Å². The number of allylic oxidation sites excluding steroid dienone is 1. The highest BCUT2D eigenvalue weighted by atomic mass is 16.7. The number of ether oxygens (including phenoxy) is 4. The second-order valence-electron chi connectivity index (χ2n) is 7.27. The summed E-state index contributed by atoms with van der Waals surface area (Å²) in [6.45, 7) is 4.83. The Kier molecular flexibility index (Phi) is 6.40. The van der Waals surface area contributed by atoms with Crippen molar-refractivity contribution in [3.05, 3.63) is 60.2 Å². The van der Waals surface area contributed by atoms with Crippen LogP contribution in [0.25, 0.3) is 10.8 Å². The number of rotatable bonds is 6. The van der Waals surface area contributed by atoms with Crippen molar-refractivity contribution in [3.8, 4) is 0 Å². The fourth-order valence-electron chi connectivity index (χ4n) is 3.33. The maximum atomic E-state index is 12.7. The predicted molar refractivity (Wildman–Crippen MR) is 109 cm³/mol. The van der Waals surface area contributed by atoms with Crippen LogP contribution in [0.1, 0.15) is 32.3 Å². The molecule has 1 heterocycles. The lowest BCUT2D eigenvalue weighted by molar-refractivity contribution is -0.240. The van der Waals surface area contributed by atoms with Crippen molar-refractivity contribution in [2.75, 3.05) is 13.2 Å². The fraction of sp³-hybridized carbons (Fsp3) is 0.348. The first-order valence-corrected chi connectivity index (χ1v) is 9.71. The first-order valence-electron chi connectivity index (χ1n) is 9.71. The summed E-state index contributed by atoms with van der Waals surface area (Å²) in [7, 11) is 0. The Balaban J connectivity index is 1.90. The Morgan fingerprint density at radius 3 is 2.40 bits per heavy atom. The van der Waals surface area contributed by atoms with Crippen molar-refractivity contribution in [2.45, 2.75) is 32.5 Å². The summed E-state index contributed by atoms with van der Waals surface area (Å²) < 4.78 is 20.2. The number of fused-ring (bicyclic) bond motifs is 1. The van der Waals surface area contributed by atoms with Gasteiger partial charge in [-0.05, 0) is 23.3 Å². The van der Waals surface area contributed by atoms with Gasteiger partial charge in [-0.1, -0.05) is 54.6 Å². The summed E-state index contributed by atoms with van der Waals surface area (Å²) in [5, 5.41) is 2.00. The molecule has 1 fully saturated rings. The van der Waals surface area contributed by atoms with Gasteiger partial charge in [-0.25, -0.2) is 4.79 Å². The van der Waals surface area contributed by atoms with E-state index in [1.165, 1.54) is 13.8 Å². The molecule has 0 unspecified atom stereocenters. The van der Waals surface area contributed by atoms with Gasteiger partial charge in [0.15, 0.2) is 5.92 Å². The normalized spacial score (nSPS) is 17.4. The molecule has 1 saturated heterocycles. The molecule has 2 aromatic rings. The molecule has 158 valence electrons. The molecular formula is C23H24O7. The van der Waals surface area contributed by atoms with Crippen molar-refractivity contribution in [1.82, 2.24) is 0 Å². The maximum Gasteiger partial charge on any atom is 0.508 e. The van der Waals surface area contributed by atoms with E-state index >= 15 is 0 Å². The van der Waals surface area contributed by atoms with Crippen molar-refractivity contribution in [1.29, 1.82) is 0 Å². The zero-order valence-electron chi connectivity index (χ0n) is 17.1. The molecule has 0 aliphatic carbocycles. The molecule has 0 radical (unpaired) electrons. The molecule has 0 aromatic heterocycles. The lowest BCUT2D eigenvalue weighted by Gasteiger charge is -2.35. The second kappa shape index (κ2) is 8.98. The third-order valence-electron chi connectivity index (χ3n) is 4.62. The van der Waals surface area contributed by atoms with Gasteiger partial charge in [0.05, 0.1) is 6.61 Å². The average Bonchev–Trinajstić information content (AvgIpc) is 2.68. The fourth-order valence-corrected chi connectivity index (χ4v) is 3.33. The van der Waals surface area contributed by atoms with Gasteiger partial charge in [-0.3, -0.25) is 9.59 Å². The summed E-state index contributed by atoms with van der Waals surface area (Å²) in [5.74, 6) is -4.46. The van der Waals surface area contributed by atoms with Crippen LogP contribution in [0.4, 0.5) is 4.79 Å². The molecule has 0 saturated carbocycles. The van der Waals surface area contributed by atoms with E-state index in [0.29, 0.717) is 0 Å². The highest BCUT2D eigenvalue weighted by molar-refractivity contribution is 5.98. The van der Waals surface area contributed by atoms with Crippen LogP contribution in [-0.2, 0) is 28.5 Å². The lowest BCUT2D eigenvalue weighted by Crippen LogP contribution is -2.48. The summed E-state index contributed by atoms with van der Waals surface area (Å²) in [5.41, 5.74) is 0.736. The molecule has 1 atom stereocenters. The molecule has 0 bridgehead atoms. The molecule has 0 amide bonds. The Bertz CT molecular complexity index is 956. The van der Waals surface area contributed by atoms with Crippen molar-refractivity contribution in [3.63, 3.8) is 0 Å². The summed E-state index contributed by atoms with van der Waals surface area (Å²) in [4.78, 5) is 36.7. The summed E-state index contributed by atoms with van der Waals surface area (Å²) >= 11 is 0. The largest absolute Gasteiger partial charge is 0.508 e. The predicted octanol–water partition coefficient (Wildman–Crippen LogP) is 4.11. The van der Waals surface area contributed by atoms with Crippen LogP contribution in [-0.4, -0.2) is 37.1 Å². The monoisotopic (exact) mass is 412 g/mol. The molecule has 7 nitrogen and oxygen atoms in total. The number of hydrogen-bond donors (Lipinski definition) is 0. The third-order valence-corrected chi connectivity index (χ3v) is 4.62. The van der Waals surface area contributed by atoms with Gasteiger partial charge in [-0.15, -0.1) is 0 Å². The van der Waals surface area contributed by atoms with Crippen LogP contribution < -0.4 is 0 Å². The van der Waals surface area contributed by atoms with E-state index in [1.807, 2.05) is 42.5 Å². The van der Waals surface area contributed by atoms with Gasteiger partial charge in [0.2, 0.25) is 0 Å². The topological polar surface area (TPSA) is 88.1 Å². The minimum Gasteiger partial charge on any atom is -0.435 e. The zero-order valence-corrected chi connectivity index (χ0v) is 17.1. The average molecular weight is 412 g/mol. The van der Waals surface area contributed by atoms with Gasteiger partial charge in [0.25, 0.3) is 5.79 Å². The van der Waals surface area contributed by atoms with E-state index in [2.05, 4.69) is 0 Å².